The smallest absolute Gasteiger partial charge is 0.374 e. The number of amides is 1. The Hall–Kier alpha value is -2.32. The first-order valence-corrected chi connectivity index (χ1v) is 10.6. The number of oxime groups is 1. The second-order valence-electron chi connectivity index (χ2n) is 7.93. The SMILES string of the molecule is CCC(=O)N1CC(F)(c2ccc(C3=NOC(c4cc(Cl)cc(Cl)c4)(C(F)(F)F)C3)cc2)C1. The van der Waals surface area contributed by atoms with Crippen LogP contribution in [0.3, 0.4) is 0 Å². The van der Waals surface area contributed by atoms with Gasteiger partial charge in [0, 0.05) is 28.5 Å². The van der Waals surface area contributed by atoms with Crippen LogP contribution in [0, 0.1) is 0 Å². The van der Waals surface area contributed by atoms with Gasteiger partial charge < -0.3 is 9.74 Å². The summed E-state index contributed by atoms with van der Waals surface area (Å²) in [7, 11) is 0. The predicted molar refractivity (Wildman–Crippen MR) is 113 cm³/mol. The van der Waals surface area contributed by atoms with E-state index in [-0.39, 0.29) is 40.3 Å². The lowest BCUT2D eigenvalue weighted by atomic mass is 9.84. The second kappa shape index (κ2) is 7.92. The molecule has 170 valence electrons. The van der Waals surface area contributed by atoms with E-state index in [9.17, 15) is 18.0 Å². The average Bonchev–Trinajstić information content (AvgIpc) is 3.17. The molecule has 2 aromatic rings. The number of carbonyl (C=O) groups is 1. The summed E-state index contributed by atoms with van der Waals surface area (Å²) < 4.78 is 57.3. The quantitative estimate of drug-likeness (QED) is 0.495. The molecule has 1 saturated heterocycles. The molecule has 2 heterocycles. The summed E-state index contributed by atoms with van der Waals surface area (Å²) in [5.74, 6) is -0.128. The number of carbonyl (C=O) groups excluding carboxylic acids is 1. The van der Waals surface area contributed by atoms with Crippen molar-refractivity contribution in [3.05, 3.63) is 69.2 Å². The Morgan fingerprint density at radius 3 is 2.22 bits per heavy atom. The Morgan fingerprint density at radius 1 is 1.09 bits per heavy atom. The van der Waals surface area contributed by atoms with Crippen LogP contribution in [0.25, 0.3) is 0 Å². The van der Waals surface area contributed by atoms with Crippen LogP contribution < -0.4 is 0 Å². The lowest BCUT2D eigenvalue weighted by molar-refractivity contribution is -0.275. The third-order valence-electron chi connectivity index (χ3n) is 5.79. The van der Waals surface area contributed by atoms with Crippen LogP contribution in [0.2, 0.25) is 10.0 Å². The number of halogens is 6. The normalized spacial score (nSPS) is 22.2. The topological polar surface area (TPSA) is 41.9 Å². The fourth-order valence-electron chi connectivity index (χ4n) is 3.95. The Balaban J connectivity index is 1.56. The summed E-state index contributed by atoms with van der Waals surface area (Å²) in [6.07, 6.45) is -5.09. The van der Waals surface area contributed by atoms with Gasteiger partial charge in [0.15, 0.2) is 5.67 Å². The van der Waals surface area contributed by atoms with Crippen LogP contribution in [0.4, 0.5) is 17.6 Å². The van der Waals surface area contributed by atoms with Crippen LogP contribution in [0.15, 0.2) is 47.6 Å². The van der Waals surface area contributed by atoms with E-state index in [1.54, 1.807) is 6.92 Å². The van der Waals surface area contributed by atoms with Crippen molar-refractivity contribution in [2.75, 3.05) is 13.1 Å². The second-order valence-corrected chi connectivity index (χ2v) is 8.81. The van der Waals surface area contributed by atoms with Gasteiger partial charge in [-0.25, -0.2) is 4.39 Å². The van der Waals surface area contributed by atoms with Crippen LogP contribution in [-0.4, -0.2) is 35.8 Å². The molecule has 1 amide bonds. The standard InChI is InChI=1S/C22H18Cl2F4N2O2/c1-2-19(31)30-11-20(25,12-30)14-5-3-13(4-6-14)18-10-21(32-29-18,22(26,27)28)15-7-16(23)9-17(24)8-15/h3-9H,2,10-12H2,1H3. The molecule has 1 atom stereocenters. The number of nitrogens with zero attached hydrogens (tertiary/aromatic N) is 2. The van der Waals surface area contributed by atoms with Gasteiger partial charge in [-0.05, 0) is 29.3 Å². The van der Waals surface area contributed by atoms with Gasteiger partial charge in [0.25, 0.3) is 5.60 Å². The number of hydrogen-bond donors (Lipinski definition) is 0. The van der Waals surface area contributed by atoms with Crippen molar-refractivity contribution in [2.45, 2.75) is 37.2 Å². The van der Waals surface area contributed by atoms with Gasteiger partial charge in [-0.3, -0.25) is 4.79 Å². The lowest BCUT2D eigenvalue weighted by Gasteiger charge is -2.44. The molecule has 0 aliphatic carbocycles. The van der Waals surface area contributed by atoms with Crippen molar-refractivity contribution in [2.24, 2.45) is 5.16 Å². The van der Waals surface area contributed by atoms with Gasteiger partial charge in [0.05, 0.1) is 18.8 Å². The average molecular weight is 489 g/mol. The summed E-state index contributed by atoms with van der Waals surface area (Å²) in [5.41, 5.74) is -3.87. The highest BCUT2D eigenvalue weighted by atomic mass is 35.5. The van der Waals surface area contributed by atoms with Gasteiger partial charge >= 0.3 is 6.18 Å². The van der Waals surface area contributed by atoms with Gasteiger partial charge in [-0.15, -0.1) is 0 Å². The van der Waals surface area contributed by atoms with Crippen molar-refractivity contribution in [1.29, 1.82) is 0 Å². The molecule has 2 aliphatic heterocycles. The zero-order valence-electron chi connectivity index (χ0n) is 16.8. The van der Waals surface area contributed by atoms with Crippen molar-refractivity contribution in [3.63, 3.8) is 0 Å². The van der Waals surface area contributed by atoms with Gasteiger partial charge in [-0.2, -0.15) is 13.2 Å². The van der Waals surface area contributed by atoms with E-state index in [1.807, 2.05) is 0 Å². The van der Waals surface area contributed by atoms with E-state index >= 15 is 4.39 Å². The van der Waals surface area contributed by atoms with E-state index in [1.165, 1.54) is 35.2 Å². The first-order valence-electron chi connectivity index (χ1n) is 9.83. The first kappa shape index (κ1) is 22.9. The Bertz CT molecular complexity index is 1060. The molecule has 0 radical (unpaired) electrons. The highest BCUT2D eigenvalue weighted by molar-refractivity contribution is 6.34. The van der Waals surface area contributed by atoms with E-state index in [4.69, 9.17) is 28.0 Å². The molecule has 10 heteroatoms. The number of rotatable bonds is 4. The molecule has 32 heavy (non-hydrogen) atoms. The van der Waals surface area contributed by atoms with Crippen molar-refractivity contribution in [3.8, 4) is 0 Å². The summed E-state index contributed by atoms with van der Waals surface area (Å²) in [5, 5.41) is 3.78. The Morgan fingerprint density at radius 2 is 1.69 bits per heavy atom. The first-order chi connectivity index (χ1) is 15.0. The lowest BCUT2D eigenvalue weighted by Crippen LogP contribution is -2.58. The van der Waals surface area contributed by atoms with Crippen LogP contribution in [-0.2, 0) is 20.9 Å². The highest BCUT2D eigenvalue weighted by Gasteiger charge is 2.62. The molecule has 0 spiro atoms. The summed E-state index contributed by atoms with van der Waals surface area (Å²) in [6, 6.07) is 9.62. The van der Waals surface area contributed by atoms with Gasteiger partial charge in [0.2, 0.25) is 5.91 Å². The maximum atomic E-state index is 15.0. The zero-order valence-corrected chi connectivity index (χ0v) is 18.4. The van der Waals surface area contributed by atoms with Crippen LogP contribution in [0.5, 0.6) is 0 Å². The maximum Gasteiger partial charge on any atom is 0.435 e. The third-order valence-corrected chi connectivity index (χ3v) is 6.22. The fourth-order valence-corrected chi connectivity index (χ4v) is 4.47. The molecule has 2 aromatic carbocycles. The molecule has 2 aliphatic rings. The van der Waals surface area contributed by atoms with E-state index in [0.29, 0.717) is 17.5 Å². The highest BCUT2D eigenvalue weighted by Crippen LogP contribution is 2.49. The minimum atomic E-state index is -4.80. The van der Waals surface area contributed by atoms with Crippen molar-refractivity contribution < 1.29 is 27.2 Å². The molecule has 0 N–H and O–H groups in total. The fraction of sp³-hybridized carbons (Fsp3) is 0.364. The minimum Gasteiger partial charge on any atom is -0.374 e. The molecule has 4 nitrogen and oxygen atoms in total. The predicted octanol–water partition coefficient (Wildman–Crippen LogP) is 5.99. The zero-order chi connectivity index (χ0) is 23.3. The summed E-state index contributed by atoms with van der Waals surface area (Å²) >= 11 is 11.8. The molecule has 4 rings (SSSR count). The molecule has 0 saturated carbocycles. The van der Waals surface area contributed by atoms with Crippen molar-refractivity contribution in [1.82, 2.24) is 4.90 Å². The summed E-state index contributed by atoms with van der Waals surface area (Å²) in [4.78, 5) is 18.1. The molecular formula is C22H18Cl2F4N2O2. The summed E-state index contributed by atoms with van der Waals surface area (Å²) in [6.45, 7) is 1.61. The van der Waals surface area contributed by atoms with Crippen LogP contribution in [0.1, 0.15) is 36.5 Å². The largest absolute Gasteiger partial charge is 0.435 e. The Kier molecular flexibility index (Phi) is 5.66. The maximum absolute atomic E-state index is 15.0. The molecule has 0 aromatic heterocycles. The molecule has 0 bridgehead atoms. The van der Waals surface area contributed by atoms with E-state index in [0.717, 1.165) is 12.1 Å². The van der Waals surface area contributed by atoms with Crippen molar-refractivity contribution >= 4 is 34.8 Å². The number of benzene rings is 2. The minimum absolute atomic E-state index is 0.0434. The molecular weight excluding hydrogens is 471 g/mol. The van der Waals surface area contributed by atoms with Gasteiger partial charge in [0.1, 0.15) is 0 Å². The van der Waals surface area contributed by atoms with Gasteiger partial charge in [-0.1, -0.05) is 59.5 Å². The number of alkyl halides is 4. The molecule has 1 fully saturated rings. The molecule has 1 unspecified atom stereocenters. The Labute approximate surface area is 191 Å². The van der Waals surface area contributed by atoms with Crippen LogP contribution >= 0.6 is 23.2 Å². The van der Waals surface area contributed by atoms with E-state index in [2.05, 4.69) is 5.16 Å². The monoisotopic (exact) mass is 488 g/mol. The number of hydrogen-bond acceptors (Lipinski definition) is 3. The third kappa shape index (κ3) is 3.83. The van der Waals surface area contributed by atoms with E-state index < -0.39 is 23.9 Å². The number of likely N-dealkylation sites (tertiary alicyclic amines) is 1.